The Hall–Kier alpha value is -0.490. The van der Waals surface area contributed by atoms with Gasteiger partial charge in [-0.15, -0.1) is 0 Å². The third kappa shape index (κ3) is 4.01. The molecule has 0 amide bonds. The van der Waals surface area contributed by atoms with Crippen molar-refractivity contribution >= 4 is 5.78 Å². The van der Waals surface area contributed by atoms with E-state index >= 15 is 0 Å². The number of ketones is 1. The van der Waals surface area contributed by atoms with Crippen molar-refractivity contribution in [3.8, 4) is 0 Å². The Bertz CT molecular complexity index is 753. The number of rotatable bonds is 6. The van der Waals surface area contributed by atoms with Crippen LogP contribution in [0.15, 0.2) is 0 Å². The van der Waals surface area contributed by atoms with E-state index in [1.165, 1.54) is 0 Å². The Kier molecular flexibility index (Phi) is 7.37. The Morgan fingerprint density at radius 1 is 0.941 bits per heavy atom. The van der Waals surface area contributed by atoms with E-state index in [4.69, 9.17) is 0 Å². The third-order valence-corrected chi connectivity index (χ3v) is 11.8. The van der Waals surface area contributed by atoms with Crippen LogP contribution in [0.2, 0.25) is 0 Å². The minimum Gasteiger partial charge on any atom is -0.390 e. The molecule has 13 atom stereocenters. The molecule has 4 saturated carbocycles. The molecule has 4 N–H and O–H groups in total. The molecule has 0 aromatic heterocycles. The molecule has 0 radical (unpaired) electrons. The number of carbonyl (C=O) groups is 1. The normalized spacial score (nSPS) is 48.0. The van der Waals surface area contributed by atoms with Gasteiger partial charge in [-0.2, -0.15) is 0 Å². The first-order valence-corrected chi connectivity index (χ1v) is 14.1. The average Bonchev–Trinajstić information content (AvgIpc) is 3.12. The monoisotopic (exact) mass is 478 g/mol. The van der Waals surface area contributed by atoms with Crippen LogP contribution in [0.3, 0.4) is 0 Å². The van der Waals surface area contributed by atoms with Crippen molar-refractivity contribution < 1.29 is 25.2 Å². The molecule has 4 fully saturated rings. The first-order chi connectivity index (χ1) is 15.9. The number of aliphatic hydroxyl groups excluding tert-OH is 4. The second-order valence-corrected chi connectivity index (χ2v) is 13.6. The van der Waals surface area contributed by atoms with E-state index in [9.17, 15) is 25.2 Å². The van der Waals surface area contributed by atoms with Gasteiger partial charge in [0.05, 0.1) is 24.4 Å². The van der Waals surface area contributed by atoms with Gasteiger partial charge in [-0.1, -0.05) is 48.0 Å². The van der Waals surface area contributed by atoms with Crippen molar-refractivity contribution in [2.75, 3.05) is 0 Å². The fraction of sp³-hybridized carbons (Fsp3) is 0.966. The van der Waals surface area contributed by atoms with Gasteiger partial charge in [-0.25, -0.2) is 0 Å². The summed E-state index contributed by atoms with van der Waals surface area (Å²) in [5, 5.41) is 43.1. The molecular weight excluding hydrogens is 428 g/mol. The van der Waals surface area contributed by atoms with Crippen LogP contribution in [0.5, 0.6) is 0 Å². The van der Waals surface area contributed by atoms with E-state index in [1.54, 1.807) is 0 Å². The summed E-state index contributed by atoms with van der Waals surface area (Å²) in [5.74, 6) is 2.12. The smallest absolute Gasteiger partial charge is 0.136 e. The number of fused-ring (bicyclic) bond motifs is 5. The van der Waals surface area contributed by atoms with Gasteiger partial charge in [-0.3, -0.25) is 4.79 Å². The van der Waals surface area contributed by atoms with Gasteiger partial charge in [0.25, 0.3) is 0 Å². The zero-order valence-corrected chi connectivity index (χ0v) is 22.3. The quantitative estimate of drug-likeness (QED) is 0.459. The van der Waals surface area contributed by atoms with Crippen LogP contribution in [0, 0.1) is 58.2 Å². The van der Waals surface area contributed by atoms with Gasteiger partial charge in [-0.05, 0) is 90.8 Å². The number of Topliss-reactive ketones (excluding diaryl/α,β-unsaturated/α-hetero) is 1. The van der Waals surface area contributed by atoms with Crippen molar-refractivity contribution in [1.29, 1.82) is 0 Å². The van der Waals surface area contributed by atoms with Crippen LogP contribution in [0.25, 0.3) is 0 Å². The molecule has 0 saturated heterocycles. The van der Waals surface area contributed by atoms with E-state index in [1.807, 2.05) is 0 Å². The lowest BCUT2D eigenvalue weighted by Gasteiger charge is -2.61. The fourth-order valence-corrected chi connectivity index (χ4v) is 9.89. The maximum atomic E-state index is 13.4. The van der Waals surface area contributed by atoms with Gasteiger partial charge in [0.15, 0.2) is 0 Å². The first-order valence-electron chi connectivity index (χ1n) is 14.1. The summed E-state index contributed by atoms with van der Waals surface area (Å²) in [4.78, 5) is 13.4. The Balaban J connectivity index is 1.55. The van der Waals surface area contributed by atoms with Gasteiger partial charge in [0.2, 0.25) is 0 Å². The summed E-state index contributed by atoms with van der Waals surface area (Å²) in [6.07, 6.45) is 3.69. The molecule has 0 spiro atoms. The summed E-state index contributed by atoms with van der Waals surface area (Å²) < 4.78 is 0. The molecule has 4 aliphatic rings. The van der Waals surface area contributed by atoms with Crippen molar-refractivity contribution in [2.45, 2.75) is 117 Å². The Morgan fingerprint density at radius 3 is 2.21 bits per heavy atom. The molecule has 0 aliphatic heterocycles. The average molecular weight is 479 g/mol. The molecule has 5 heteroatoms. The van der Waals surface area contributed by atoms with Crippen LogP contribution in [-0.2, 0) is 4.79 Å². The largest absolute Gasteiger partial charge is 0.390 e. The highest BCUT2D eigenvalue weighted by atomic mass is 16.3. The van der Waals surface area contributed by atoms with Gasteiger partial charge in [0, 0.05) is 12.3 Å². The van der Waals surface area contributed by atoms with Gasteiger partial charge >= 0.3 is 0 Å². The molecular formula is C29H50O5. The fourth-order valence-electron chi connectivity index (χ4n) is 9.89. The first kappa shape index (κ1) is 26.6. The summed E-state index contributed by atoms with van der Waals surface area (Å²) in [7, 11) is 0. The van der Waals surface area contributed by atoms with Crippen molar-refractivity contribution in [3.05, 3.63) is 0 Å². The molecule has 196 valence electrons. The number of hydrogen-bond donors (Lipinski definition) is 4. The SMILES string of the molecule is CC[C@H](C(C)C)[C@@H](O)[C@H](O)[C@@H](C)[C@H]1CC[C@H]2[C@@H]3CC(=O)[C@H]4C[C@H](O)[C@H](O)C[C@]4(C)[C@H]3CC[C@]12C. The van der Waals surface area contributed by atoms with Gasteiger partial charge < -0.3 is 20.4 Å². The highest BCUT2D eigenvalue weighted by Gasteiger charge is 2.63. The second kappa shape index (κ2) is 9.43. The van der Waals surface area contributed by atoms with Crippen LogP contribution in [0.1, 0.15) is 92.9 Å². The highest BCUT2D eigenvalue weighted by Crippen LogP contribution is 2.67. The molecule has 5 nitrogen and oxygen atoms in total. The van der Waals surface area contributed by atoms with Gasteiger partial charge in [0.1, 0.15) is 5.78 Å². The lowest BCUT2D eigenvalue weighted by atomic mass is 9.44. The summed E-state index contributed by atoms with van der Waals surface area (Å²) in [5.41, 5.74) is -0.165. The van der Waals surface area contributed by atoms with Crippen LogP contribution < -0.4 is 0 Å². The molecule has 4 rings (SSSR count). The lowest BCUT2D eigenvalue weighted by Crippen LogP contribution is -2.59. The van der Waals surface area contributed by atoms with E-state index in [2.05, 4.69) is 41.5 Å². The standard InChI is InChI=1S/C29H50O5/c1-7-17(15(2)3)27(34)26(33)16(4)19-8-9-20-18-12-23(30)22-13-24(31)25(32)14-29(22,6)21(18)10-11-28(19,20)5/h15-22,24-27,31-34H,7-14H2,1-6H3/t16-,17+,18-,19+,20-,21-,22+,24-,25+,26+,27+,28+,29+/m0/s1. The third-order valence-electron chi connectivity index (χ3n) is 11.8. The second-order valence-electron chi connectivity index (χ2n) is 13.6. The topological polar surface area (TPSA) is 98.0 Å². The Morgan fingerprint density at radius 2 is 1.59 bits per heavy atom. The van der Waals surface area contributed by atoms with Crippen molar-refractivity contribution in [2.24, 2.45) is 58.2 Å². The predicted molar refractivity (Wildman–Crippen MR) is 133 cm³/mol. The maximum Gasteiger partial charge on any atom is 0.136 e. The zero-order valence-electron chi connectivity index (χ0n) is 22.3. The summed E-state index contributed by atoms with van der Waals surface area (Å²) in [6, 6.07) is 0. The summed E-state index contributed by atoms with van der Waals surface area (Å²) >= 11 is 0. The van der Waals surface area contributed by atoms with Crippen LogP contribution >= 0.6 is 0 Å². The predicted octanol–water partition coefficient (Wildman–Crippen LogP) is 4.20. The molecule has 0 heterocycles. The molecule has 34 heavy (non-hydrogen) atoms. The molecule has 0 bridgehead atoms. The zero-order chi connectivity index (χ0) is 25.2. The van der Waals surface area contributed by atoms with E-state index in [0.717, 1.165) is 32.1 Å². The number of carbonyl (C=O) groups excluding carboxylic acids is 1. The highest BCUT2D eigenvalue weighted by molar-refractivity contribution is 5.83. The molecule has 4 aliphatic carbocycles. The molecule has 0 aromatic rings. The van der Waals surface area contributed by atoms with Crippen LogP contribution in [-0.4, -0.2) is 50.6 Å². The molecule has 0 aromatic carbocycles. The van der Waals surface area contributed by atoms with E-state index in [0.29, 0.717) is 48.9 Å². The minimum absolute atomic E-state index is 0.0172. The number of hydrogen-bond acceptors (Lipinski definition) is 5. The maximum absolute atomic E-state index is 13.4. The van der Waals surface area contributed by atoms with E-state index in [-0.39, 0.29) is 34.4 Å². The minimum atomic E-state index is -0.783. The number of aliphatic hydroxyl groups is 4. The van der Waals surface area contributed by atoms with Crippen LogP contribution in [0.4, 0.5) is 0 Å². The van der Waals surface area contributed by atoms with E-state index < -0.39 is 24.4 Å². The molecule has 0 unspecified atom stereocenters. The van der Waals surface area contributed by atoms with Crippen molar-refractivity contribution in [1.82, 2.24) is 0 Å². The summed E-state index contributed by atoms with van der Waals surface area (Å²) in [6.45, 7) is 13.1. The lowest BCUT2D eigenvalue weighted by molar-refractivity contribution is -0.175. The van der Waals surface area contributed by atoms with Crippen molar-refractivity contribution in [3.63, 3.8) is 0 Å². The Labute approximate surface area is 206 Å².